The Balaban J connectivity index is 1.78. The Bertz CT molecular complexity index is 774. The van der Waals surface area contributed by atoms with Crippen molar-refractivity contribution < 1.29 is 29.2 Å². The molecule has 2 heterocycles. The quantitative estimate of drug-likeness (QED) is 0.504. The van der Waals surface area contributed by atoms with Crippen molar-refractivity contribution in [1.82, 2.24) is 10.2 Å². The van der Waals surface area contributed by atoms with Crippen molar-refractivity contribution >= 4 is 5.91 Å². The minimum absolute atomic E-state index is 0.0517. The largest absolute Gasteiger partial charge is 0.493 e. The molecule has 0 saturated carbocycles. The van der Waals surface area contributed by atoms with Gasteiger partial charge in [0.25, 0.3) is 0 Å². The summed E-state index contributed by atoms with van der Waals surface area (Å²) in [5.41, 5.74) is 0.505. The van der Waals surface area contributed by atoms with E-state index in [9.17, 15) is 15.0 Å². The number of aliphatic hydroxyl groups excluding tert-OH is 1. The summed E-state index contributed by atoms with van der Waals surface area (Å²) in [6, 6.07) is 5.86. The van der Waals surface area contributed by atoms with Gasteiger partial charge in [0.05, 0.1) is 26.2 Å². The first-order valence-electron chi connectivity index (χ1n) is 10.9. The molecule has 2 saturated heterocycles. The average molecular weight is 437 g/mol. The zero-order valence-electron chi connectivity index (χ0n) is 19.2. The summed E-state index contributed by atoms with van der Waals surface area (Å²) in [6.45, 7) is 9.57. The number of amides is 1. The molecule has 3 rings (SSSR count). The topological polar surface area (TPSA) is 100 Å². The van der Waals surface area contributed by atoms with Crippen LogP contribution in [0.1, 0.15) is 45.6 Å². The van der Waals surface area contributed by atoms with Crippen molar-refractivity contribution in [3.8, 4) is 11.5 Å². The zero-order chi connectivity index (χ0) is 22.8. The minimum atomic E-state index is -1.27. The molecule has 0 bridgehead atoms. The predicted octanol–water partition coefficient (Wildman–Crippen LogP) is 1.49. The third-order valence-corrected chi connectivity index (χ3v) is 6.44. The van der Waals surface area contributed by atoms with E-state index in [1.807, 2.05) is 25.1 Å². The van der Waals surface area contributed by atoms with Crippen molar-refractivity contribution in [2.24, 2.45) is 5.41 Å². The molecule has 2 aliphatic rings. The number of rotatable bonds is 9. The number of carbonyl (C=O) groups is 1. The molecule has 0 aromatic heterocycles. The summed E-state index contributed by atoms with van der Waals surface area (Å²) < 4.78 is 16.8. The number of methoxy groups -OCH3 is 1. The monoisotopic (exact) mass is 436 g/mol. The van der Waals surface area contributed by atoms with E-state index in [0.29, 0.717) is 24.6 Å². The summed E-state index contributed by atoms with van der Waals surface area (Å²) in [5.74, 6) is -0.0207. The van der Waals surface area contributed by atoms with Crippen molar-refractivity contribution in [1.29, 1.82) is 0 Å². The number of benzene rings is 1. The standard InChI is InChI=1S/C23H36N2O6/c1-15(26)23(4)14-25(21(27)8-9-30-22(2,3)28)13-18(23)16-6-7-19(29-5)20(10-16)31-17-11-24-12-17/h6-7,10,15,17-18,24,26,28H,8-9,11-14H2,1-5H3/t15-,18+,23+/m1/s1. The number of hydrogen-bond donors (Lipinski definition) is 3. The van der Waals surface area contributed by atoms with E-state index in [1.165, 1.54) is 13.8 Å². The number of aliphatic hydroxyl groups is 2. The number of likely N-dealkylation sites (tertiary alicyclic amines) is 1. The van der Waals surface area contributed by atoms with Crippen LogP contribution in [0, 0.1) is 5.41 Å². The van der Waals surface area contributed by atoms with E-state index in [2.05, 4.69) is 5.32 Å². The number of nitrogens with one attached hydrogen (secondary N) is 1. The van der Waals surface area contributed by atoms with Gasteiger partial charge in [0.1, 0.15) is 6.10 Å². The van der Waals surface area contributed by atoms with Crippen LogP contribution in [-0.2, 0) is 9.53 Å². The van der Waals surface area contributed by atoms with E-state index in [1.54, 1.807) is 18.9 Å². The van der Waals surface area contributed by atoms with Gasteiger partial charge >= 0.3 is 0 Å². The second kappa shape index (κ2) is 9.32. The lowest BCUT2D eigenvalue weighted by Gasteiger charge is -2.34. The fourth-order valence-electron chi connectivity index (χ4n) is 4.19. The van der Waals surface area contributed by atoms with Gasteiger partial charge in [-0.15, -0.1) is 0 Å². The van der Waals surface area contributed by atoms with Gasteiger partial charge in [-0.05, 0) is 38.5 Å². The van der Waals surface area contributed by atoms with Crippen molar-refractivity contribution in [3.63, 3.8) is 0 Å². The Hall–Kier alpha value is -1.87. The maximum Gasteiger partial charge on any atom is 0.224 e. The lowest BCUT2D eigenvalue weighted by atomic mass is 9.72. The molecule has 174 valence electrons. The molecule has 31 heavy (non-hydrogen) atoms. The maximum absolute atomic E-state index is 12.8. The van der Waals surface area contributed by atoms with E-state index in [4.69, 9.17) is 14.2 Å². The van der Waals surface area contributed by atoms with E-state index in [-0.39, 0.29) is 31.0 Å². The van der Waals surface area contributed by atoms with Gasteiger partial charge in [-0.3, -0.25) is 4.79 Å². The first-order valence-corrected chi connectivity index (χ1v) is 10.9. The molecule has 1 aromatic carbocycles. The molecule has 0 spiro atoms. The highest BCUT2D eigenvalue weighted by Crippen LogP contribution is 2.47. The Morgan fingerprint density at radius 1 is 1.35 bits per heavy atom. The van der Waals surface area contributed by atoms with Crippen molar-refractivity contribution in [2.75, 3.05) is 39.9 Å². The second-order valence-corrected chi connectivity index (χ2v) is 9.36. The van der Waals surface area contributed by atoms with Crippen molar-refractivity contribution in [2.45, 2.75) is 58.0 Å². The predicted molar refractivity (Wildman–Crippen MR) is 116 cm³/mol. The third kappa shape index (κ3) is 5.49. The Labute approximate surface area is 184 Å². The summed E-state index contributed by atoms with van der Waals surface area (Å²) in [6.07, 6.45) is -0.312. The first kappa shape index (κ1) is 23.8. The number of hydrogen-bond acceptors (Lipinski definition) is 7. The number of carbonyl (C=O) groups excluding carboxylic acids is 1. The van der Waals surface area contributed by atoms with Crippen LogP contribution in [-0.4, -0.2) is 78.9 Å². The molecule has 8 nitrogen and oxygen atoms in total. The Morgan fingerprint density at radius 2 is 2.06 bits per heavy atom. The van der Waals surface area contributed by atoms with Gasteiger partial charge in [-0.2, -0.15) is 0 Å². The van der Waals surface area contributed by atoms with Gasteiger partial charge < -0.3 is 34.6 Å². The normalized spacial score (nSPS) is 25.3. The fourth-order valence-corrected chi connectivity index (χ4v) is 4.19. The third-order valence-electron chi connectivity index (χ3n) is 6.44. The smallest absolute Gasteiger partial charge is 0.224 e. The van der Waals surface area contributed by atoms with Crippen LogP contribution >= 0.6 is 0 Å². The molecule has 3 atom stereocenters. The number of nitrogens with zero attached hydrogens (tertiary/aromatic N) is 1. The van der Waals surface area contributed by atoms with Gasteiger partial charge in [-0.25, -0.2) is 0 Å². The molecule has 8 heteroatoms. The van der Waals surface area contributed by atoms with Crippen LogP contribution in [0.2, 0.25) is 0 Å². The van der Waals surface area contributed by atoms with E-state index in [0.717, 1.165) is 18.7 Å². The molecule has 1 aromatic rings. The van der Waals surface area contributed by atoms with E-state index >= 15 is 0 Å². The lowest BCUT2D eigenvalue weighted by molar-refractivity contribution is -0.178. The Kier molecular flexibility index (Phi) is 7.15. The van der Waals surface area contributed by atoms with Crippen LogP contribution in [0.4, 0.5) is 0 Å². The molecular weight excluding hydrogens is 400 g/mol. The molecule has 0 unspecified atom stereocenters. The average Bonchev–Trinajstić information content (AvgIpc) is 3.02. The van der Waals surface area contributed by atoms with Gasteiger partial charge in [0, 0.05) is 37.5 Å². The van der Waals surface area contributed by atoms with Gasteiger partial charge in [0.2, 0.25) is 5.91 Å². The van der Waals surface area contributed by atoms with E-state index < -0.39 is 17.3 Å². The molecule has 1 amide bonds. The maximum atomic E-state index is 12.8. The molecule has 2 aliphatic heterocycles. The molecular formula is C23H36N2O6. The van der Waals surface area contributed by atoms with Crippen LogP contribution in [0.15, 0.2) is 18.2 Å². The molecule has 0 aliphatic carbocycles. The van der Waals surface area contributed by atoms with Crippen LogP contribution in [0.25, 0.3) is 0 Å². The van der Waals surface area contributed by atoms with Gasteiger partial charge in [-0.1, -0.05) is 13.0 Å². The molecule has 0 radical (unpaired) electrons. The second-order valence-electron chi connectivity index (χ2n) is 9.36. The lowest BCUT2D eigenvalue weighted by Crippen LogP contribution is -2.50. The summed E-state index contributed by atoms with van der Waals surface area (Å²) in [7, 11) is 1.62. The van der Waals surface area contributed by atoms with Crippen LogP contribution in [0.3, 0.4) is 0 Å². The summed E-state index contributed by atoms with van der Waals surface area (Å²) >= 11 is 0. The highest BCUT2D eigenvalue weighted by molar-refractivity contribution is 5.77. The first-order chi connectivity index (χ1) is 14.5. The molecule has 3 N–H and O–H groups in total. The van der Waals surface area contributed by atoms with Gasteiger partial charge in [0.15, 0.2) is 17.3 Å². The highest BCUT2D eigenvalue weighted by Gasteiger charge is 2.48. The fraction of sp³-hybridized carbons (Fsp3) is 0.696. The number of ether oxygens (including phenoxy) is 3. The Morgan fingerprint density at radius 3 is 2.61 bits per heavy atom. The molecule has 2 fully saturated rings. The van der Waals surface area contributed by atoms with Crippen molar-refractivity contribution in [3.05, 3.63) is 23.8 Å². The van der Waals surface area contributed by atoms with Crippen LogP contribution < -0.4 is 14.8 Å². The highest BCUT2D eigenvalue weighted by atomic mass is 16.6. The SMILES string of the molecule is COc1ccc([C@@H]2CN(C(=O)CCOC(C)(C)O)C[C@@]2(C)[C@@H](C)O)cc1OC1CNC1. The minimum Gasteiger partial charge on any atom is -0.493 e. The summed E-state index contributed by atoms with van der Waals surface area (Å²) in [4.78, 5) is 14.6. The summed E-state index contributed by atoms with van der Waals surface area (Å²) in [5, 5.41) is 23.5. The van der Waals surface area contributed by atoms with Crippen LogP contribution in [0.5, 0.6) is 11.5 Å². The zero-order valence-corrected chi connectivity index (χ0v) is 19.2.